The summed E-state index contributed by atoms with van der Waals surface area (Å²) in [5.41, 5.74) is 2.67. The van der Waals surface area contributed by atoms with Crippen LogP contribution in [0.2, 0.25) is 0 Å². The van der Waals surface area contributed by atoms with Crippen LogP contribution in [0, 0.1) is 18.4 Å². The zero-order valence-electron chi connectivity index (χ0n) is 16.9. The third-order valence-corrected chi connectivity index (χ3v) is 6.01. The number of H-pyrrole nitrogens is 1. The van der Waals surface area contributed by atoms with Gasteiger partial charge in [-0.1, -0.05) is 6.92 Å². The molecule has 3 aromatic rings. The van der Waals surface area contributed by atoms with Crippen LogP contribution in [0.15, 0.2) is 48.7 Å². The molecule has 0 amide bonds. The van der Waals surface area contributed by atoms with E-state index in [4.69, 9.17) is 11.3 Å². The van der Waals surface area contributed by atoms with Crippen molar-refractivity contribution in [2.75, 3.05) is 0 Å². The Labute approximate surface area is 175 Å². The van der Waals surface area contributed by atoms with Gasteiger partial charge in [0.05, 0.1) is 5.92 Å². The average Bonchev–Trinajstić information content (AvgIpc) is 3.40. The highest BCUT2D eigenvalue weighted by atomic mass is 16.5. The van der Waals surface area contributed by atoms with Crippen LogP contribution in [0.1, 0.15) is 42.1 Å². The molecule has 1 N–H and O–H groups in total. The summed E-state index contributed by atoms with van der Waals surface area (Å²) in [6, 6.07) is 12.7. The average molecular weight is 400 g/mol. The molecule has 1 aliphatic rings. The Hall–Kier alpha value is -3.39. The highest BCUT2D eigenvalue weighted by Gasteiger charge is 2.39. The topological polar surface area (TPSA) is 63.5 Å². The lowest BCUT2D eigenvalue weighted by Gasteiger charge is -2.15. The van der Waals surface area contributed by atoms with Gasteiger partial charge in [-0.2, -0.15) is 0 Å². The molecule has 1 saturated carbocycles. The highest BCUT2D eigenvalue weighted by Crippen LogP contribution is 2.33. The van der Waals surface area contributed by atoms with Crippen molar-refractivity contribution >= 4 is 23.0 Å². The summed E-state index contributed by atoms with van der Waals surface area (Å²) >= 11 is 0. The maximum absolute atomic E-state index is 12.9. The number of hydrogen-bond acceptors (Lipinski definition) is 3. The molecule has 152 valence electrons. The number of nitrogens with one attached hydrogen (secondary N) is 1. The lowest BCUT2D eigenvalue weighted by Crippen LogP contribution is -2.27. The lowest BCUT2D eigenvalue weighted by atomic mass is 9.86. The van der Waals surface area contributed by atoms with E-state index in [9.17, 15) is 9.59 Å². The molecule has 0 aliphatic heterocycles. The molecule has 1 unspecified atom stereocenters. The van der Waals surface area contributed by atoms with Gasteiger partial charge in [0.15, 0.2) is 0 Å². The number of Topliss-reactive ketones (excluding diaryl/α,β-unsaturated/α-hetero) is 1. The molecule has 5 heteroatoms. The zero-order chi connectivity index (χ0) is 21.1. The summed E-state index contributed by atoms with van der Waals surface area (Å²) < 4.78 is 5.94. The van der Waals surface area contributed by atoms with Crippen molar-refractivity contribution in [1.82, 2.24) is 4.98 Å². The van der Waals surface area contributed by atoms with E-state index < -0.39 is 0 Å². The Kier molecular flexibility index (Phi) is 5.67. The molecule has 0 spiro atoms. The summed E-state index contributed by atoms with van der Waals surface area (Å²) in [5, 5.41) is 1.03. The first-order valence-corrected chi connectivity index (χ1v) is 10.3. The summed E-state index contributed by atoms with van der Waals surface area (Å²) in [7, 11) is 0. The van der Waals surface area contributed by atoms with E-state index in [0.29, 0.717) is 23.5 Å². The second kappa shape index (κ2) is 8.54. The van der Waals surface area contributed by atoms with E-state index >= 15 is 0 Å². The molecule has 4 rings (SSSR count). The molecule has 1 aromatic heterocycles. The lowest BCUT2D eigenvalue weighted by molar-refractivity contribution is -0.126. The van der Waals surface area contributed by atoms with Crippen LogP contribution >= 0.6 is 0 Å². The predicted octanol–water partition coefficient (Wildman–Crippen LogP) is 5.61. The second-order valence-corrected chi connectivity index (χ2v) is 8.05. The fourth-order valence-electron chi connectivity index (χ4n) is 4.36. The fraction of sp³-hybridized carbons (Fsp3) is 0.320. The molecule has 2 aromatic carbocycles. The summed E-state index contributed by atoms with van der Waals surface area (Å²) in [4.78, 5) is 30.7. The number of carbonyl (C=O) groups is 2. The molecular weight excluding hydrogens is 376 g/mol. The standard InChI is InChI=1S/C25H24N2O3/c1-16(25(29)21-4-3-5-23(21)26-2)12-18-14-27-24-11-10-20(13-22(18)24)30-19-8-6-17(15-28)7-9-19/h6-11,13-16,21,23,27H,3-5,12H2,1H3/t16-,21?,23-/m0/s1. The largest absolute Gasteiger partial charge is 0.457 e. The van der Waals surface area contributed by atoms with Crippen LogP contribution < -0.4 is 4.74 Å². The van der Waals surface area contributed by atoms with E-state index in [0.717, 1.165) is 42.0 Å². The van der Waals surface area contributed by atoms with Crippen LogP contribution in [-0.4, -0.2) is 23.1 Å². The molecule has 1 fully saturated rings. The van der Waals surface area contributed by atoms with Gasteiger partial charge in [0.25, 0.3) is 0 Å². The number of ether oxygens (including phenoxy) is 1. The SMILES string of the molecule is [C-]#[N+][C@H]1CCCC1C(=O)[C@@H](C)Cc1c[nH]c2ccc(Oc3ccc(C=O)cc3)cc12. The minimum absolute atomic E-state index is 0.115. The molecule has 0 bridgehead atoms. The number of nitrogens with zero attached hydrogens (tertiary/aromatic N) is 1. The fourth-order valence-corrected chi connectivity index (χ4v) is 4.36. The Morgan fingerprint density at radius 1 is 1.23 bits per heavy atom. The number of benzene rings is 2. The van der Waals surface area contributed by atoms with Crippen molar-refractivity contribution in [3.8, 4) is 11.5 Å². The van der Waals surface area contributed by atoms with E-state index in [-0.39, 0.29) is 23.7 Å². The number of fused-ring (bicyclic) bond motifs is 1. The van der Waals surface area contributed by atoms with Gasteiger partial charge < -0.3 is 14.6 Å². The first-order chi connectivity index (χ1) is 14.6. The maximum atomic E-state index is 12.9. The number of aromatic amines is 1. The zero-order valence-corrected chi connectivity index (χ0v) is 16.9. The van der Waals surface area contributed by atoms with Crippen molar-refractivity contribution in [3.63, 3.8) is 0 Å². The van der Waals surface area contributed by atoms with Gasteiger partial charge in [-0.15, -0.1) is 0 Å². The number of carbonyl (C=O) groups excluding carboxylic acids is 2. The van der Waals surface area contributed by atoms with E-state index in [1.807, 2.05) is 31.3 Å². The minimum atomic E-state index is -0.145. The molecule has 1 heterocycles. The molecule has 30 heavy (non-hydrogen) atoms. The summed E-state index contributed by atoms with van der Waals surface area (Å²) in [5.74, 6) is 1.33. The number of ketones is 1. The van der Waals surface area contributed by atoms with Gasteiger partial charge in [-0.3, -0.25) is 9.59 Å². The molecule has 0 saturated heterocycles. The maximum Gasteiger partial charge on any atom is 0.233 e. The van der Waals surface area contributed by atoms with Gasteiger partial charge in [0.1, 0.15) is 23.6 Å². The number of aldehydes is 1. The highest BCUT2D eigenvalue weighted by molar-refractivity contribution is 5.88. The van der Waals surface area contributed by atoms with Gasteiger partial charge in [0, 0.05) is 35.0 Å². The van der Waals surface area contributed by atoms with Gasteiger partial charge >= 0.3 is 0 Å². The normalized spacial score (nSPS) is 19.3. The van der Waals surface area contributed by atoms with Crippen LogP contribution in [0.25, 0.3) is 15.7 Å². The third-order valence-electron chi connectivity index (χ3n) is 6.01. The monoisotopic (exact) mass is 400 g/mol. The van der Waals surface area contributed by atoms with E-state index in [1.165, 1.54) is 0 Å². The van der Waals surface area contributed by atoms with E-state index in [2.05, 4.69) is 9.83 Å². The van der Waals surface area contributed by atoms with Gasteiger partial charge in [0.2, 0.25) is 6.04 Å². The van der Waals surface area contributed by atoms with Crippen LogP contribution in [-0.2, 0) is 11.2 Å². The smallest absolute Gasteiger partial charge is 0.233 e. The first-order valence-electron chi connectivity index (χ1n) is 10.3. The Balaban J connectivity index is 1.51. The number of aromatic nitrogens is 1. The number of rotatable bonds is 7. The Morgan fingerprint density at radius 2 is 2.00 bits per heavy atom. The van der Waals surface area contributed by atoms with Crippen molar-refractivity contribution in [3.05, 3.63) is 71.2 Å². The molecule has 1 aliphatic carbocycles. The van der Waals surface area contributed by atoms with Gasteiger partial charge in [-0.05, 0) is 67.3 Å². The first kappa shape index (κ1) is 19.9. The Morgan fingerprint density at radius 3 is 2.73 bits per heavy atom. The second-order valence-electron chi connectivity index (χ2n) is 8.05. The van der Waals surface area contributed by atoms with Gasteiger partial charge in [-0.25, -0.2) is 6.57 Å². The molecule has 5 nitrogen and oxygen atoms in total. The van der Waals surface area contributed by atoms with Crippen LogP contribution in [0.4, 0.5) is 0 Å². The van der Waals surface area contributed by atoms with Crippen molar-refractivity contribution < 1.29 is 14.3 Å². The Bertz CT molecular complexity index is 1110. The molecule has 3 atom stereocenters. The minimum Gasteiger partial charge on any atom is -0.457 e. The quantitative estimate of drug-likeness (QED) is 0.414. The van der Waals surface area contributed by atoms with Crippen LogP contribution in [0.3, 0.4) is 0 Å². The summed E-state index contributed by atoms with van der Waals surface area (Å²) in [6.45, 7) is 9.31. The molecule has 0 radical (unpaired) electrons. The predicted molar refractivity (Wildman–Crippen MR) is 116 cm³/mol. The molecular formula is C25H24N2O3. The van der Waals surface area contributed by atoms with E-state index in [1.54, 1.807) is 24.3 Å². The third kappa shape index (κ3) is 3.99. The van der Waals surface area contributed by atoms with Crippen molar-refractivity contribution in [2.24, 2.45) is 11.8 Å². The van der Waals surface area contributed by atoms with Crippen LogP contribution in [0.5, 0.6) is 11.5 Å². The van der Waals surface area contributed by atoms with Crippen molar-refractivity contribution in [2.45, 2.75) is 38.6 Å². The number of hydrogen-bond donors (Lipinski definition) is 1. The summed E-state index contributed by atoms with van der Waals surface area (Å²) in [6.07, 6.45) is 6.04. The van der Waals surface area contributed by atoms with Crippen molar-refractivity contribution in [1.29, 1.82) is 0 Å².